The van der Waals surface area contributed by atoms with Gasteiger partial charge < -0.3 is 5.32 Å². The highest BCUT2D eigenvalue weighted by Crippen LogP contribution is 2.11. The van der Waals surface area contributed by atoms with Crippen molar-refractivity contribution in [1.29, 1.82) is 0 Å². The van der Waals surface area contributed by atoms with Crippen molar-refractivity contribution in [3.05, 3.63) is 35.9 Å². The zero-order valence-corrected chi connectivity index (χ0v) is 12.2. The van der Waals surface area contributed by atoms with E-state index in [2.05, 4.69) is 53.7 Å². The van der Waals surface area contributed by atoms with Crippen LogP contribution in [0.5, 0.6) is 0 Å². The quantitative estimate of drug-likeness (QED) is 0.878. The van der Waals surface area contributed by atoms with Gasteiger partial charge in [0.1, 0.15) is 0 Å². The van der Waals surface area contributed by atoms with Gasteiger partial charge in [-0.15, -0.1) is 0 Å². The summed E-state index contributed by atoms with van der Waals surface area (Å²) in [6.07, 6.45) is 3.35. The van der Waals surface area contributed by atoms with Gasteiger partial charge >= 0.3 is 0 Å². The minimum Gasteiger partial charge on any atom is -0.311 e. The third-order valence-corrected chi connectivity index (χ3v) is 4.54. The highest BCUT2D eigenvalue weighted by atomic mass is 32.2. The summed E-state index contributed by atoms with van der Waals surface area (Å²) in [5.41, 5.74) is 1.44. The maximum Gasteiger partial charge on any atom is 0.0235 e. The Morgan fingerprint density at radius 1 is 1.39 bits per heavy atom. The molecule has 0 aromatic heterocycles. The predicted molar refractivity (Wildman–Crippen MR) is 81.4 cm³/mol. The van der Waals surface area contributed by atoms with Crippen LogP contribution in [0.1, 0.15) is 12.5 Å². The molecular weight excluding hydrogens is 240 g/mol. The number of thioether (sulfide) groups is 1. The number of benzene rings is 1. The molecule has 2 rings (SSSR count). The number of hydrogen-bond donors (Lipinski definition) is 1. The first-order chi connectivity index (χ1) is 8.78. The average Bonchev–Trinajstić information content (AvgIpc) is 2.40. The largest absolute Gasteiger partial charge is 0.311 e. The van der Waals surface area contributed by atoms with E-state index in [4.69, 9.17) is 0 Å². The summed E-state index contributed by atoms with van der Waals surface area (Å²) in [6.45, 7) is 7.03. The van der Waals surface area contributed by atoms with Gasteiger partial charge in [-0.05, 0) is 18.2 Å². The molecule has 0 aliphatic carbocycles. The van der Waals surface area contributed by atoms with E-state index in [0.717, 1.165) is 18.2 Å². The second-order valence-corrected chi connectivity index (χ2v) is 6.42. The summed E-state index contributed by atoms with van der Waals surface area (Å²) in [5.74, 6) is 0. The summed E-state index contributed by atoms with van der Waals surface area (Å²) in [7, 11) is 0. The summed E-state index contributed by atoms with van der Waals surface area (Å²) < 4.78 is 0. The molecule has 2 atom stereocenters. The van der Waals surface area contributed by atoms with Crippen LogP contribution in [0, 0.1) is 0 Å². The monoisotopic (exact) mass is 264 g/mol. The minimum atomic E-state index is 0.607. The predicted octanol–water partition coefficient (Wildman–Crippen LogP) is 2.25. The lowest BCUT2D eigenvalue weighted by atomic mass is 10.0. The molecule has 3 heteroatoms. The molecule has 1 saturated heterocycles. The maximum absolute atomic E-state index is 3.64. The van der Waals surface area contributed by atoms with Crippen molar-refractivity contribution in [2.75, 3.05) is 32.4 Å². The first-order valence-corrected chi connectivity index (χ1v) is 8.09. The van der Waals surface area contributed by atoms with Crippen LogP contribution in [0.15, 0.2) is 30.3 Å². The van der Waals surface area contributed by atoms with Gasteiger partial charge in [0.15, 0.2) is 0 Å². The van der Waals surface area contributed by atoms with Gasteiger partial charge in [0.25, 0.3) is 0 Å². The molecule has 1 aliphatic rings. The van der Waals surface area contributed by atoms with E-state index >= 15 is 0 Å². The summed E-state index contributed by atoms with van der Waals surface area (Å²) in [5, 5.41) is 4.38. The summed E-state index contributed by atoms with van der Waals surface area (Å²) in [6, 6.07) is 11.4. The van der Waals surface area contributed by atoms with Crippen LogP contribution in [-0.2, 0) is 6.42 Å². The molecule has 100 valence electrons. The Bertz CT molecular complexity index is 342. The highest BCUT2D eigenvalue weighted by molar-refractivity contribution is 7.99. The number of nitrogens with zero attached hydrogens (tertiary/aromatic N) is 1. The van der Waals surface area contributed by atoms with Gasteiger partial charge in [-0.25, -0.2) is 0 Å². The lowest BCUT2D eigenvalue weighted by Crippen LogP contribution is -2.52. The number of piperazine rings is 1. The molecule has 1 aromatic carbocycles. The first kappa shape index (κ1) is 13.9. The summed E-state index contributed by atoms with van der Waals surface area (Å²) >= 11 is 1.96. The Labute approximate surface area is 115 Å². The van der Waals surface area contributed by atoms with Gasteiger partial charge in [0, 0.05) is 37.5 Å². The fraction of sp³-hybridized carbons (Fsp3) is 0.600. The fourth-order valence-electron chi connectivity index (χ4n) is 2.53. The molecule has 18 heavy (non-hydrogen) atoms. The SMILES string of the molecule is CSC(C)CN1CCNC(Cc2ccccc2)C1. The topological polar surface area (TPSA) is 15.3 Å². The van der Waals surface area contributed by atoms with Crippen molar-refractivity contribution in [2.24, 2.45) is 0 Å². The van der Waals surface area contributed by atoms with E-state index in [1.165, 1.54) is 25.2 Å². The third kappa shape index (κ3) is 4.30. The van der Waals surface area contributed by atoms with Gasteiger partial charge in [-0.1, -0.05) is 37.3 Å². The van der Waals surface area contributed by atoms with Crippen molar-refractivity contribution in [1.82, 2.24) is 10.2 Å². The zero-order chi connectivity index (χ0) is 12.8. The standard InChI is InChI=1S/C15H24N2S/c1-13(18-2)11-17-9-8-16-15(12-17)10-14-6-4-3-5-7-14/h3-7,13,15-16H,8-12H2,1-2H3. The molecule has 0 amide bonds. The molecule has 2 unspecified atom stereocenters. The van der Waals surface area contributed by atoms with E-state index in [1.54, 1.807) is 0 Å². The molecule has 1 heterocycles. The Balaban J connectivity index is 1.83. The highest BCUT2D eigenvalue weighted by Gasteiger charge is 2.20. The number of hydrogen-bond acceptors (Lipinski definition) is 3. The normalized spacial score (nSPS) is 22.9. The van der Waals surface area contributed by atoms with Crippen LogP contribution in [-0.4, -0.2) is 48.6 Å². The molecule has 1 aliphatic heterocycles. The molecule has 0 saturated carbocycles. The second kappa shape index (κ2) is 7.17. The van der Waals surface area contributed by atoms with E-state index in [9.17, 15) is 0 Å². The number of rotatable bonds is 5. The van der Waals surface area contributed by atoms with Crippen LogP contribution >= 0.6 is 11.8 Å². The molecule has 1 N–H and O–H groups in total. The Morgan fingerprint density at radius 2 is 2.17 bits per heavy atom. The van der Waals surface area contributed by atoms with Crippen molar-refractivity contribution in [3.63, 3.8) is 0 Å². The van der Waals surface area contributed by atoms with Crippen molar-refractivity contribution < 1.29 is 0 Å². The third-order valence-electron chi connectivity index (χ3n) is 3.58. The zero-order valence-electron chi connectivity index (χ0n) is 11.4. The maximum atomic E-state index is 3.64. The molecular formula is C15H24N2S. The van der Waals surface area contributed by atoms with Gasteiger partial charge in [0.05, 0.1) is 0 Å². The Kier molecular flexibility index (Phi) is 5.54. The minimum absolute atomic E-state index is 0.607. The lowest BCUT2D eigenvalue weighted by molar-refractivity contribution is 0.201. The molecule has 2 nitrogen and oxygen atoms in total. The lowest BCUT2D eigenvalue weighted by Gasteiger charge is -2.35. The fourth-order valence-corrected chi connectivity index (χ4v) is 2.89. The van der Waals surface area contributed by atoms with Crippen LogP contribution in [0.2, 0.25) is 0 Å². The molecule has 0 spiro atoms. The van der Waals surface area contributed by atoms with Gasteiger partial charge in [0.2, 0.25) is 0 Å². The summed E-state index contributed by atoms with van der Waals surface area (Å²) in [4.78, 5) is 2.60. The Hall–Kier alpha value is -0.510. The average molecular weight is 264 g/mol. The van der Waals surface area contributed by atoms with E-state index in [0.29, 0.717) is 6.04 Å². The Morgan fingerprint density at radius 3 is 2.89 bits per heavy atom. The first-order valence-electron chi connectivity index (χ1n) is 6.80. The van der Waals surface area contributed by atoms with Crippen molar-refractivity contribution in [3.8, 4) is 0 Å². The van der Waals surface area contributed by atoms with Gasteiger partial charge in [-0.2, -0.15) is 11.8 Å². The van der Waals surface area contributed by atoms with Crippen molar-refractivity contribution in [2.45, 2.75) is 24.6 Å². The molecule has 0 radical (unpaired) electrons. The second-order valence-electron chi connectivity index (χ2n) is 5.15. The van der Waals surface area contributed by atoms with Crippen LogP contribution in [0.4, 0.5) is 0 Å². The number of nitrogens with one attached hydrogen (secondary N) is 1. The van der Waals surface area contributed by atoms with E-state index in [1.807, 2.05) is 11.8 Å². The molecule has 1 fully saturated rings. The van der Waals surface area contributed by atoms with E-state index < -0.39 is 0 Å². The molecule has 0 bridgehead atoms. The van der Waals surface area contributed by atoms with E-state index in [-0.39, 0.29) is 0 Å². The smallest absolute Gasteiger partial charge is 0.0235 e. The van der Waals surface area contributed by atoms with Crippen LogP contribution < -0.4 is 5.32 Å². The molecule has 1 aromatic rings. The van der Waals surface area contributed by atoms with Gasteiger partial charge in [-0.3, -0.25) is 4.90 Å². The van der Waals surface area contributed by atoms with Crippen molar-refractivity contribution >= 4 is 11.8 Å². The van der Waals surface area contributed by atoms with Crippen LogP contribution in [0.25, 0.3) is 0 Å². The van der Waals surface area contributed by atoms with Crippen LogP contribution in [0.3, 0.4) is 0 Å².